The van der Waals surface area contributed by atoms with Gasteiger partial charge in [0.15, 0.2) is 0 Å². The molecule has 5 nitrogen and oxygen atoms in total. The zero-order chi connectivity index (χ0) is 10.7. The summed E-state index contributed by atoms with van der Waals surface area (Å²) in [4.78, 5) is 21.8. The van der Waals surface area contributed by atoms with E-state index in [4.69, 9.17) is 11.5 Å². The van der Waals surface area contributed by atoms with E-state index in [1.165, 1.54) is 13.0 Å². The molecule has 1 aromatic carbocycles. The lowest BCUT2D eigenvalue weighted by molar-refractivity contribution is -0.114. The zero-order valence-electron chi connectivity index (χ0n) is 7.70. The number of rotatable bonds is 2. The van der Waals surface area contributed by atoms with Gasteiger partial charge in [-0.15, -0.1) is 0 Å². The summed E-state index contributed by atoms with van der Waals surface area (Å²) in [6, 6.07) is 4.68. The van der Waals surface area contributed by atoms with Crippen molar-refractivity contribution in [3.05, 3.63) is 23.8 Å². The quantitative estimate of drug-likeness (QED) is 0.590. The Labute approximate surface area is 81.1 Å². The number of anilines is 2. The van der Waals surface area contributed by atoms with Crippen molar-refractivity contribution >= 4 is 23.2 Å². The van der Waals surface area contributed by atoms with Crippen LogP contribution in [0.25, 0.3) is 0 Å². The lowest BCUT2D eigenvalue weighted by Gasteiger charge is -2.09. The maximum absolute atomic E-state index is 11.0. The van der Waals surface area contributed by atoms with Gasteiger partial charge >= 0.3 is 0 Å². The molecule has 0 saturated heterocycles. The van der Waals surface area contributed by atoms with Crippen LogP contribution in [0.1, 0.15) is 17.3 Å². The van der Waals surface area contributed by atoms with Gasteiger partial charge < -0.3 is 16.8 Å². The van der Waals surface area contributed by atoms with E-state index >= 15 is 0 Å². The number of nitrogens with two attached hydrogens (primary N) is 2. The molecule has 0 aromatic heterocycles. The topological polar surface area (TPSA) is 98.2 Å². The Balaban J connectivity index is 3.22. The Bertz CT molecular complexity index is 388. The Morgan fingerprint density at radius 3 is 2.50 bits per heavy atom. The van der Waals surface area contributed by atoms with E-state index in [1.54, 1.807) is 12.1 Å². The van der Waals surface area contributed by atoms with Crippen LogP contribution in [0, 0.1) is 0 Å². The third-order valence-corrected chi connectivity index (χ3v) is 1.66. The van der Waals surface area contributed by atoms with Crippen LogP contribution < -0.4 is 16.8 Å². The lowest BCUT2D eigenvalue weighted by Crippen LogP contribution is -2.17. The average Bonchev–Trinajstić information content (AvgIpc) is 2.07. The number of carbonyl (C=O) groups excluding carboxylic acids is 2. The first-order valence-corrected chi connectivity index (χ1v) is 3.98. The van der Waals surface area contributed by atoms with Crippen molar-refractivity contribution in [2.75, 3.05) is 11.1 Å². The predicted molar refractivity (Wildman–Crippen MR) is 53.7 cm³/mol. The summed E-state index contributed by atoms with van der Waals surface area (Å²) in [5, 5.41) is 2.46. The fourth-order valence-corrected chi connectivity index (χ4v) is 1.09. The van der Waals surface area contributed by atoms with Crippen molar-refractivity contribution in [2.24, 2.45) is 5.73 Å². The van der Waals surface area contributed by atoms with Crippen molar-refractivity contribution in [2.45, 2.75) is 6.92 Å². The Kier molecular flexibility index (Phi) is 2.71. The molecule has 1 aromatic rings. The molecule has 5 heteroatoms. The first-order chi connectivity index (χ1) is 6.52. The van der Waals surface area contributed by atoms with E-state index in [9.17, 15) is 9.59 Å². The van der Waals surface area contributed by atoms with E-state index < -0.39 is 5.91 Å². The third-order valence-electron chi connectivity index (χ3n) is 1.66. The van der Waals surface area contributed by atoms with E-state index in [2.05, 4.69) is 5.32 Å². The molecule has 0 bridgehead atoms. The fraction of sp³-hybridized carbons (Fsp3) is 0.111. The highest BCUT2D eigenvalue weighted by atomic mass is 16.2. The second-order valence-corrected chi connectivity index (χ2v) is 2.82. The molecule has 0 fully saturated rings. The summed E-state index contributed by atoms with van der Waals surface area (Å²) in [5.74, 6) is -0.925. The second kappa shape index (κ2) is 3.78. The fourth-order valence-electron chi connectivity index (χ4n) is 1.09. The van der Waals surface area contributed by atoms with Crippen molar-refractivity contribution in [3.63, 3.8) is 0 Å². The normalized spacial score (nSPS) is 9.50. The summed E-state index contributed by atoms with van der Waals surface area (Å²) in [5.41, 5.74) is 11.5. The lowest BCUT2D eigenvalue weighted by atomic mass is 10.1. The molecule has 74 valence electrons. The van der Waals surface area contributed by atoms with Crippen LogP contribution in [-0.4, -0.2) is 11.8 Å². The Morgan fingerprint density at radius 2 is 2.00 bits per heavy atom. The van der Waals surface area contributed by atoms with Gasteiger partial charge in [-0.2, -0.15) is 0 Å². The number of nitrogens with one attached hydrogen (secondary N) is 1. The molecule has 0 heterocycles. The summed E-state index contributed by atoms with van der Waals surface area (Å²) >= 11 is 0. The molecular formula is C9H11N3O2. The maximum atomic E-state index is 11.0. The Morgan fingerprint density at radius 1 is 1.36 bits per heavy atom. The number of hydrogen-bond donors (Lipinski definition) is 3. The highest BCUT2D eigenvalue weighted by Crippen LogP contribution is 2.22. The molecule has 14 heavy (non-hydrogen) atoms. The van der Waals surface area contributed by atoms with Crippen LogP contribution in [0.2, 0.25) is 0 Å². The number of nitrogen functional groups attached to an aromatic ring is 1. The van der Waals surface area contributed by atoms with E-state index in [-0.39, 0.29) is 17.2 Å². The largest absolute Gasteiger partial charge is 0.397 e. The minimum Gasteiger partial charge on any atom is -0.397 e. The standard InChI is InChI=1S/C9H11N3O2/c1-5(13)12-8-6(9(11)14)3-2-4-7(8)10/h2-4H,10H2,1H3,(H2,11,14)(H,12,13). The summed E-state index contributed by atoms with van der Waals surface area (Å²) in [6.07, 6.45) is 0. The summed E-state index contributed by atoms with van der Waals surface area (Å²) in [7, 11) is 0. The highest BCUT2D eigenvalue weighted by molar-refractivity contribution is 6.05. The molecule has 0 aliphatic heterocycles. The zero-order valence-corrected chi connectivity index (χ0v) is 7.70. The van der Waals surface area contributed by atoms with Gasteiger partial charge in [0, 0.05) is 6.92 Å². The van der Waals surface area contributed by atoms with Gasteiger partial charge in [0.2, 0.25) is 5.91 Å². The number of hydrogen-bond acceptors (Lipinski definition) is 3. The summed E-state index contributed by atoms with van der Waals surface area (Å²) < 4.78 is 0. The van der Waals surface area contributed by atoms with Crippen LogP contribution in [0.5, 0.6) is 0 Å². The third kappa shape index (κ3) is 2.01. The van der Waals surface area contributed by atoms with Gasteiger partial charge in [0.1, 0.15) is 0 Å². The number of amides is 2. The SMILES string of the molecule is CC(=O)Nc1c(N)cccc1C(N)=O. The monoisotopic (exact) mass is 193 g/mol. The molecule has 0 aliphatic carbocycles. The van der Waals surface area contributed by atoms with Gasteiger partial charge in [-0.1, -0.05) is 6.07 Å². The van der Waals surface area contributed by atoms with E-state index in [1.807, 2.05) is 0 Å². The minimum atomic E-state index is -0.624. The van der Waals surface area contributed by atoms with Crippen LogP contribution in [0.3, 0.4) is 0 Å². The van der Waals surface area contributed by atoms with Crippen molar-refractivity contribution in [1.82, 2.24) is 0 Å². The number of primary amides is 1. The average molecular weight is 193 g/mol. The van der Waals surface area contributed by atoms with Gasteiger partial charge in [-0.25, -0.2) is 0 Å². The van der Waals surface area contributed by atoms with E-state index in [0.717, 1.165) is 0 Å². The first-order valence-electron chi connectivity index (χ1n) is 3.98. The van der Waals surface area contributed by atoms with Gasteiger partial charge in [-0.3, -0.25) is 9.59 Å². The van der Waals surface area contributed by atoms with Gasteiger partial charge in [0.05, 0.1) is 16.9 Å². The minimum absolute atomic E-state index is 0.209. The van der Waals surface area contributed by atoms with Crippen molar-refractivity contribution in [3.8, 4) is 0 Å². The second-order valence-electron chi connectivity index (χ2n) is 2.82. The number of benzene rings is 1. The van der Waals surface area contributed by atoms with Crippen LogP contribution in [-0.2, 0) is 4.79 Å². The van der Waals surface area contributed by atoms with Crippen molar-refractivity contribution in [1.29, 1.82) is 0 Å². The molecule has 0 radical (unpaired) electrons. The molecule has 0 spiro atoms. The molecule has 2 amide bonds. The maximum Gasteiger partial charge on any atom is 0.250 e. The number of para-hydroxylation sites is 1. The first kappa shape index (κ1) is 10.0. The molecule has 1 rings (SSSR count). The predicted octanol–water partition coefficient (Wildman–Crippen LogP) is 0.326. The molecular weight excluding hydrogens is 182 g/mol. The number of carbonyl (C=O) groups is 2. The van der Waals surface area contributed by atoms with Crippen LogP contribution >= 0.6 is 0 Å². The van der Waals surface area contributed by atoms with E-state index in [0.29, 0.717) is 5.69 Å². The van der Waals surface area contributed by atoms with Crippen LogP contribution in [0.4, 0.5) is 11.4 Å². The highest BCUT2D eigenvalue weighted by Gasteiger charge is 2.11. The molecule has 0 aliphatic rings. The molecule has 0 atom stereocenters. The molecule has 0 saturated carbocycles. The molecule has 0 unspecified atom stereocenters. The van der Waals surface area contributed by atoms with Crippen molar-refractivity contribution < 1.29 is 9.59 Å². The van der Waals surface area contributed by atoms with Gasteiger partial charge in [-0.05, 0) is 12.1 Å². The Hall–Kier alpha value is -2.04. The van der Waals surface area contributed by atoms with Gasteiger partial charge in [0.25, 0.3) is 5.91 Å². The molecule has 5 N–H and O–H groups in total. The smallest absolute Gasteiger partial charge is 0.250 e. The van der Waals surface area contributed by atoms with Crippen LogP contribution in [0.15, 0.2) is 18.2 Å². The summed E-state index contributed by atoms with van der Waals surface area (Å²) in [6.45, 7) is 1.33.